The highest BCUT2D eigenvalue weighted by Gasteiger charge is 2.07. The summed E-state index contributed by atoms with van der Waals surface area (Å²) in [6.07, 6.45) is 1.58. The quantitative estimate of drug-likeness (QED) is 0.454. The molecule has 0 aromatic rings. The zero-order valence-corrected chi connectivity index (χ0v) is 9.65. The fraction of sp³-hybridized carbons (Fsp3) is 1.00. The van der Waals surface area contributed by atoms with Crippen LogP contribution in [0.3, 0.4) is 0 Å². The highest BCUT2D eigenvalue weighted by atomic mass is 32.2. The molecular weight excluding hydrogens is 205 g/mol. The van der Waals surface area contributed by atoms with Crippen LogP contribution in [-0.4, -0.2) is 49.3 Å². The molecule has 14 heavy (non-hydrogen) atoms. The largest absolute Gasteiger partial charge is 0.396 e. The van der Waals surface area contributed by atoms with Crippen LogP contribution in [0, 0.1) is 0 Å². The van der Waals surface area contributed by atoms with Crippen LogP contribution in [0.15, 0.2) is 0 Å². The van der Waals surface area contributed by atoms with Gasteiger partial charge in [0.05, 0.1) is 12.0 Å². The Morgan fingerprint density at radius 1 is 1.57 bits per heavy atom. The maximum atomic E-state index is 13.1. The molecule has 0 saturated heterocycles. The van der Waals surface area contributed by atoms with E-state index < -0.39 is 6.17 Å². The van der Waals surface area contributed by atoms with Crippen molar-refractivity contribution in [2.75, 3.05) is 32.6 Å². The van der Waals surface area contributed by atoms with Crippen molar-refractivity contribution in [2.45, 2.75) is 24.9 Å². The van der Waals surface area contributed by atoms with Gasteiger partial charge in [0.25, 0.3) is 0 Å². The molecule has 2 unspecified atom stereocenters. The van der Waals surface area contributed by atoms with E-state index in [1.165, 1.54) is 0 Å². The summed E-state index contributed by atoms with van der Waals surface area (Å²) < 4.78 is 18.1. The Hall–Kier alpha value is 0.160. The van der Waals surface area contributed by atoms with Crippen LogP contribution in [0.1, 0.15) is 13.3 Å². The number of aliphatic hydroxyl groups excluding tert-OH is 1. The highest BCUT2D eigenvalue weighted by Crippen LogP contribution is 2.01. The first-order valence-corrected chi connectivity index (χ1v) is 6.08. The summed E-state index contributed by atoms with van der Waals surface area (Å²) in [6, 6.07) is 0. The summed E-state index contributed by atoms with van der Waals surface area (Å²) in [6.45, 7) is 2.94. The first-order chi connectivity index (χ1) is 6.70. The molecular formula is C9H20FNO2S. The molecule has 0 amide bonds. The Morgan fingerprint density at radius 3 is 2.86 bits per heavy atom. The molecule has 86 valence electrons. The van der Waals surface area contributed by atoms with Crippen LogP contribution in [0.25, 0.3) is 0 Å². The maximum Gasteiger partial charge on any atom is 0.136 e. The van der Waals surface area contributed by atoms with E-state index in [1.807, 2.05) is 13.2 Å². The molecule has 2 atom stereocenters. The second-order valence-corrected chi connectivity index (χ2v) is 4.21. The first kappa shape index (κ1) is 14.2. The summed E-state index contributed by atoms with van der Waals surface area (Å²) in [7, 11) is 0. The van der Waals surface area contributed by atoms with Crippen LogP contribution in [-0.2, 0) is 4.74 Å². The topological polar surface area (TPSA) is 41.5 Å². The van der Waals surface area contributed by atoms with Crippen LogP contribution in [0.4, 0.5) is 4.39 Å². The van der Waals surface area contributed by atoms with Gasteiger partial charge in [-0.3, -0.25) is 0 Å². The number of thioether (sulfide) groups is 1. The smallest absolute Gasteiger partial charge is 0.136 e. The van der Waals surface area contributed by atoms with Gasteiger partial charge in [0.1, 0.15) is 6.17 Å². The zero-order valence-electron chi connectivity index (χ0n) is 8.83. The number of halogens is 1. The number of alkyl halides is 1. The Kier molecular flexibility index (Phi) is 9.82. The van der Waals surface area contributed by atoms with Gasteiger partial charge in [0, 0.05) is 19.8 Å². The highest BCUT2D eigenvalue weighted by molar-refractivity contribution is 7.99. The number of ether oxygens (including phenoxy) is 1. The van der Waals surface area contributed by atoms with E-state index in [1.54, 1.807) is 11.8 Å². The predicted octanol–water partition coefficient (Wildman–Crippen LogP) is 1.02. The molecule has 0 rings (SSSR count). The zero-order chi connectivity index (χ0) is 10.8. The molecule has 0 saturated carbocycles. The van der Waals surface area contributed by atoms with Gasteiger partial charge in [0.15, 0.2) is 0 Å². The lowest BCUT2D eigenvalue weighted by Crippen LogP contribution is -2.32. The van der Waals surface area contributed by atoms with Gasteiger partial charge >= 0.3 is 0 Å². The third kappa shape index (κ3) is 8.74. The van der Waals surface area contributed by atoms with Crippen LogP contribution in [0.2, 0.25) is 0 Å². The molecule has 3 nitrogen and oxygen atoms in total. The van der Waals surface area contributed by atoms with Crippen molar-refractivity contribution < 1.29 is 14.2 Å². The number of nitrogens with one attached hydrogen (secondary N) is 1. The monoisotopic (exact) mass is 225 g/mol. The lowest BCUT2D eigenvalue weighted by molar-refractivity contribution is 0.0705. The average Bonchev–Trinajstić information content (AvgIpc) is 2.21. The maximum absolute atomic E-state index is 13.1. The fourth-order valence-electron chi connectivity index (χ4n) is 0.814. The standard InChI is InChI=1S/C9H20FNO2S/c1-8(14-2)11-6-9(10)7-13-5-3-4-12/h8-9,11-12H,3-7H2,1-2H3. The number of hydrogen-bond donors (Lipinski definition) is 2. The van der Waals surface area contributed by atoms with Gasteiger partial charge in [0.2, 0.25) is 0 Å². The minimum absolute atomic E-state index is 0.0959. The fourth-order valence-corrected chi connectivity index (χ4v) is 1.08. The van der Waals surface area contributed by atoms with Gasteiger partial charge in [-0.25, -0.2) is 4.39 Å². The summed E-state index contributed by atoms with van der Waals surface area (Å²) in [5.41, 5.74) is 0. The summed E-state index contributed by atoms with van der Waals surface area (Å²) in [5, 5.41) is 11.8. The SMILES string of the molecule is CSC(C)NCC(F)COCCCO. The molecule has 0 aromatic heterocycles. The second kappa shape index (κ2) is 9.71. The van der Waals surface area contributed by atoms with Crippen molar-refractivity contribution in [3.63, 3.8) is 0 Å². The van der Waals surface area contributed by atoms with Crippen molar-refractivity contribution in [2.24, 2.45) is 0 Å². The summed E-state index contributed by atoms with van der Waals surface area (Å²) in [5.74, 6) is 0. The van der Waals surface area contributed by atoms with Gasteiger partial charge in [-0.15, -0.1) is 11.8 Å². The second-order valence-electron chi connectivity index (χ2n) is 3.04. The van der Waals surface area contributed by atoms with Gasteiger partial charge in [-0.05, 0) is 19.6 Å². The lowest BCUT2D eigenvalue weighted by atomic mass is 10.4. The minimum atomic E-state index is -0.969. The van der Waals surface area contributed by atoms with Crippen molar-refractivity contribution in [3.8, 4) is 0 Å². The van der Waals surface area contributed by atoms with E-state index in [0.29, 0.717) is 19.6 Å². The molecule has 5 heteroatoms. The van der Waals surface area contributed by atoms with Gasteiger partial charge in [-0.2, -0.15) is 0 Å². The number of hydrogen-bond acceptors (Lipinski definition) is 4. The van der Waals surface area contributed by atoms with E-state index >= 15 is 0 Å². The molecule has 0 aliphatic rings. The predicted molar refractivity (Wildman–Crippen MR) is 58.4 cm³/mol. The van der Waals surface area contributed by atoms with E-state index in [-0.39, 0.29) is 18.6 Å². The van der Waals surface area contributed by atoms with Crippen LogP contribution < -0.4 is 5.32 Å². The minimum Gasteiger partial charge on any atom is -0.396 e. The molecule has 0 bridgehead atoms. The van der Waals surface area contributed by atoms with Crippen molar-refractivity contribution >= 4 is 11.8 Å². The number of aliphatic hydroxyl groups is 1. The van der Waals surface area contributed by atoms with Crippen molar-refractivity contribution in [1.29, 1.82) is 0 Å². The van der Waals surface area contributed by atoms with E-state index in [9.17, 15) is 4.39 Å². The molecule has 0 aliphatic carbocycles. The molecule has 0 aliphatic heterocycles. The summed E-state index contributed by atoms with van der Waals surface area (Å²) >= 11 is 1.65. The molecule has 0 aromatic carbocycles. The lowest BCUT2D eigenvalue weighted by Gasteiger charge is -2.13. The van der Waals surface area contributed by atoms with Crippen molar-refractivity contribution in [1.82, 2.24) is 5.32 Å². The molecule has 0 heterocycles. The van der Waals surface area contributed by atoms with E-state index in [4.69, 9.17) is 9.84 Å². The van der Waals surface area contributed by atoms with Crippen LogP contribution >= 0.6 is 11.8 Å². The Balaban J connectivity index is 3.23. The first-order valence-electron chi connectivity index (χ1n) is 4.79. The van der Waals surface area contributed by atoms with E-state index in [2.05, 4.69) is 5.32 Å². The molecule has 0 radical (unpaired) electrons. The summed E-state index contributed by atoms with van der Waals surface area (Å²) in [4.78, 5) is 0. The number of rotatable bonds is 9. The third-order valence-corrected chi connectivity index (χ3v) is 2.60. The molecule has 0 spiro atoms. The Morgan fingerprint density at radius 2 is 2.29 bits per heavy atom. The normalized spacial score (nSPS) is 15.4. The van der Waals surface area contributed by atoms with Crippen LogP contribution in [0.5, 0.6) is 0 Å². The van der Waals surface area contributed by atoms with E-state index in [0.717, 1.165) is 0 Å². The Bertz CT molecular complexity index is 129. The molecule has 2 N–H and O–H groups in total. The van der Waals surface area contributed by atoms with Gasteiger partial charge in [-0.1, -0.05) is 0 Å². The average molecular weight is 225 g/mol. The van der Waals surface area contributed by atoms with Gasteiger partial charge < -0.3 is 15.2 Å². The third-order valence-electron chi connectivity index (χ3n) is 1.73. The molecule has 0 fully saturated rings. The van der Waals surface area contributed by atoms with Crippen molar-refractivity contribution in [3.05, 3.63) is 0 Å². The Labute approximate surface area is 89.4 Å².